The molecule has 1 rings (SSSR count). The Morgan fingerprint density at radius 3 is 2.94 bits per heavy atom. The van der Waals surface area contributed by atoms with Crippen LogP contribution in [-0.4, -0.2) is 27.2 Å². The van der Waals surface area contributed by atoms with Gasteiger partial charge in [0.05, 0.1) is 11.3 Å². The first-order chi connectivity index (χ1) is 7.52. The molecule has 6 heteroatoms. The predicted molar refractivity (Wildman–Crippen MR) is 65.4 cm³/mol. The van der Waals surface area contributed by atoms with Crippen molar-refractivity contribution in [1.29, 1.82) is 5.26 Å². The third-order valence-corrected chi connectivity index (χ3v) is 2.88. The fourth-order valence-corrected chi connectivity index (χ4v) is 2.08. The molecule has 2 unspecified atom stereocenters. The molecule has 1 aromatic heterocycles. The standard InChI is InChI=1S/C10H14N4OS/c1-7(6-16(2)15)14-10-9(12)3-8(4-11)5-13-10/h3,5,7H,6,12H2,1-2H3,(H,13,14). The third-order valence-electron chi connectivity index (χ3n) is 1.91. The lowest BCUT2D eigenvalue weighted by atomic mass is 10.2. The summed E-state index contributed by atoms with van der Waals surface area (Å²) < 4.78 is 11.0. The summed E-state index contributed by atoms with van der Waals surface area (Å²) in [4.78, 5) is 4.04. The number of aromatic nitrogens is 1. The van der Waals surface area contributed by atoms with Crippen molar-refractivity contribution >= 4 is 22.3 Å². The molecule has 0 aliphatic carbocycles. The van der Waals surface area contributed by atoms with Gasteiger partial charge in [-0.25, -0.2) is 4.98 Å². The van der Waals surface area contributed by atoms with Gasteiger partial charge in [-0.05, 0) is 13.0 Å². The van der Waals surface area contributed by atoms with E-state index in [0.717, 1.165) is 0 Å². The molecule has 0 saturated heterocycles. The number of hydrogen-bond acceptors (Lipinski definition) is 5. The van der Waals surface area contributed by atoms with Gasteiger partial charge in [0, 0.05) is 35.0 Å². The first-order valence-electron chi connectivity index (χ1n) is 4.75. The highest BCUT2D eigenvalue weighted by molar-refractivity contribution is 7.84. The number of nitriles is 1. The second-order valence-electron chi connectivity index (χ2n) is 3.56. The molecule has 0 radical (unpaired) electrons. The van der Waals surface area contributed by atoms with E-state index in [1.807, 2.05) is 13.0 Å². The molecule has 2 atom stereocenters. The molecule has 5 nitrogen and oxygen atoms in total. The monoisotopic (exact) mass is 238 g/mol. The van der Waals surface area contributed by atoms with E-state index in [4.69, 9.17) is 11.0 Å². The number of nitrogen functional groups attached to an aromatic ring is 1. The molecule has 0 spiro atoms. The summed E-state index contributed by atoms with van der Waals surface area (Å²) in [6, 6.07) is 3.54. The van der Waals surface area contributed by atoms with Gasteiger partial charge in [0.25, 0.3) is 0 Å². The fourth-order valence-electron chi connectivity index (χ4n) is 1.29. The van der Waals surface area contributed by atoms with Crippen molar-refractivity contribution in [3.8, 4) is 6.07 Å². The number of nitrogens with one attached hydrogen (secondary N) is 1. The second kappa shape index (κ2) is 5.47. The summed E-state index contributed by atoms with van der Waals surface area (Å²) in [7, 11) is -0.865. The van der Waals surface area contributed by atoms with E-state index >= 15 is 0 Å². The zero-order chi connectivity index (χ0) is 12.1. The van der Waals surface area contributed by atoms with Crippen LogP contribution in [0.1, 0.15) is 12.5 Å². The van der Waals surface area contributed by atoms with Gasteiger partial charge in [-0.3, -0.25) is 4.21 Å². The van der Waals surface area contributed by atoms with Crippen LogP contribution in [0.3, 0.4) is 0 Å². The molecule has 3 N–H and O–H groups in total. The highest BCUT2D eigenvalue weighted by atomic mass is 32.2. The molecular weight excluding hydrogens is 224 g/mol. The molecule has 0 aliphatic rings. The van der Waals surface area contributed by atoms with E-state index in [0.29, 0.717) is 22.8 Å². The van der Waals surface area contributed by atoms with Crippen molar-refractivity contribution in [2.45, 2.75) is 13.0 Å². The lowest BCUT2D eigenvalue weighted by Crippen LogP contribution is -2.23. The van der Waals surface area contributed by atoms with E-state index in [1.54, 1.807) is 12.3 Å². The number of nitrogens with two attached hydrogens (primary N) is 1. The van der Waals surface area contributed by atoms with E-state index in [2.05, 4.69) is 10.3 Å². The maximum absolute atomic E-state index is 11.0. The quantitative estimate of drug-likeness (QED) is 0.806. The maximum Gasteiger partial charge on any atom is 0.149 e. The van der Waals surface area contributed by atoms with Gasteiger partial charge < -0.3 is 11.1 Å². The Labute approximate surface area is 97.1 Å². The molecule has 0 amide bonds. The average molecular weight is 238 g/mol. The van der Waals surface area contributed by atoms with Gasteiger partial charge in [-0.1, -0.05) is 0 Å². The molecular formula is C10H14N4OS. The summed E-state index contributed by atoms with van der Waals surface area (Å²) in [5, 5.41) is 11.7. The van der Waals surface area contributed by atoms with Crippen LogP contribution < -0.4 is 11.1 Å². The molecule has 0 aliphatic heterocycles. The van der Waals surface area contributed by atoms with Gasteiger partial charge in [-0.15, -0.1) is 0 Å². The first-order valence-corrected chi connectivity index (χ1v) is 6.48. The van der Waals surface area contributed by atoms with Crippen molar-refractivity contribution in [3.05, 3.63) is 17.8 Å². The minimum atomic E-state index is -0.865. The minimum absolute atomic E-state index is 0.0218. The van der Waals surface area contributed by atoms with Crippen molar-refractivity contribution in [1.82, 2.24) is 4.98 Å². The van der Waals surface area contributed by atoms with Gasteiger partial charge in [0.15, 0.2) is 0 Å². The fraction of sp³-hybridized carbons (Fsp3) is 0.400. The van der Waals surface area contributed by atoms with E-state index < -0.39 is 10.8 Å². The van der Waals surface area contributed by atoms with Crippen molar-refractivity contribution < 1.29 is 4.21 Å². The Balaban J connectivity index is 2.75. The van der Waals surface area contributed by atoms with Gasteiger partial charge >= 0.3 is 0 Å². The maximum atomic E-state index is 11.0. The third kappa shape index (κ3) is 3.51. The van der Waals surface area contributed by atoms with Crippen LogP contribution in [0, 0.1) is 11.3 Å². The lowest BCUT2D eigenvalue weighted by molar-refractivity contribution is 0.683. The molecule has 0 bridgehead atoms. The van der Waals surface area contributed by atoms with Crippen LogP contribution in [0.15, 0.2) is 12.3 Å². The van der Waals surface area contributed by atoms with E-state index in [9.17, 15) is 4.21 Å². The van der Waals surface area contributed by atoms with Gasteiger partial charge in [-0.2, -0.15) is 5.26 Å². The van der Waals surface area contributed by atoms with Crippen LogP contribution in [-0.2, 0) is 10.8 Å². The molecule has 1 aromatic rings. The average Bonchev–Trinajstić information content (AvgIpc) is 2.19. The zero-order valence-corrected chi connectivity index (χ0v) is 10.0. The van der Waals surface area contributed by atoms with E-state index in [1.165, 1.54) is 6.20 Å². The Kier molecular flexibility index (Phi) is 4.26. The van der Waals surface area contributed by atoms with Crippen molar-refractivity contribution in [2.75, 3.05) is 23.1 Å². The summed E-state index contributed by atoms with van der Waals surface area (Å²) >= 11 is 0. The molecule has 16 heavy (non-hydrogen) atoms. The summed E-state index contributed by atoms with van der Waals surface area (Å²) in [5.41, 5.74) is 6.57. The second-order valence-corrected chi connectivity index (χ2v) is 5.04. The summed E-state index contributed by atoms with van der Waals surface area (Å²) in [6.45, 7) is 1.90. The highest BCUT2D eigenvalue weighted by Crippen LogP contribution is 2.16. The molecule has 0 aromatic carbocycles. The minimum Gasteiger partial charge on any atom is -0.396 e. The predicted octanol–water partition coefficient (Wildman–Crippen LogP) is 0.714. The Hall–Kier alpha value is -1.61. The first kappa shape index (κ1) is 12.5. The van der Waals surface area contributed by atoms with Crippen LogP contribution in [0.4, 0.5) is 11.5 Å². The number of nitrogens with zero attached hydrogens (tertiary/aromatic N) is 2. The molecule has 0 fully saturated rings. The normalized spacial score (nSPS) is 13.8. The van der Waals surface area contributed by atoms with Crippen LogP contribution in [0.2, 0.25) is 0 Å². The van der Waals surface area contributed by atoms with Crippen LogP contribution >= 0.6 is 0 Å². The number of anilines is 2. The molecule has 0 saturated carbocycles. The Morgan fingerprint density at radius 1 is 1.75 bits per heavy atom. The number of hydrogen-bond donors (Lipinski definition) is 2. The van der Waals surface area contributed by atoms with Crippen molar-refractivity contribution in [3.63, 3.8) is 0 Å². The zero-order valence-electron chi connectivity index (χ0n) is 9.23. The largest absolute Gasteiger partial charge is 0.396 e. The Morgan fingerprint density at radius 2 is 2.44 bits per heavy atom. The number of pyridine rings is 1. The highest BCUT2D eigenvalue weighted by Gasteiger charge is 2.08. The van der Waals surface area contributed by atoms with E-state index in [-0.39, 0.29) is 6.04 Å². The topological polar surface area (TPSA) is 91.8 Å². The van der Waals surface area contributed by atoms with Crippen LogP contribution in [0.25, 0.3) is 0 Å². The summed E-state index contributed by atoms with van der Waals surface area (Å²) in [6.07, 6.45) is 3.10. The smallest absolute Gasteiger partial charge is 0.149 e. The molecule has 86 valence electrons. The van der Waals surface area contributed by atoms with Gasteiger partial charge in [0.2, 0.25) is 0 Å². The number of rotatable bonds is 4. The summed E-state index contributed by atoms with van der Waals surface area (Å²) in [5.74, 6) is 1.05. The molecule has 1 heterocycles. The van der Waals surface area contributed by atoms with Gasteiger partial charge in [0.1, 0.15) is 11.9 Å². The van der Waals surface area contributed by atoms with Crippen LogP contribution in [0.5, 0.6) is 0 Å². The lowest BCUT2D eigenvalue weighted by Gasteiger charge is -2.14. The Bertz CT molecular complexity index is 441. The SMILES string of the molecule is CC(CS(C)=O)Nc1ncc(C#N)cc1N. The van der Waals surface area contributed by atoms with Crippen molar-refractivity contribution in [2.24, 2.45) is 0 Å².